The van der Waals surface area contributed by atoms with Crippen molar-refractivity contribution in [3.63, 3.8) is 0 Å². The fourth-order valence-electron chi connectivity index (χ4n) is 3.68. The highest BCUT2D eigenvalue weighted by molar-refractivity contribution is 8.01. The quantitative estimate of drug-likeness (QED) is 0.851. The van der Waals surface area contributed by atoms with Crippen LogP contribution in [0.3, 0.4) is 0 Å². The molecule has 0 aliphatic carbocycles. The molecule has 0 spiro atoms. The lowest BCUT2D eigenvalue weighted by Gasteiger charge is -2.35. The number of hydrogen-bond acceptors (Lipinski definition) is 3. The minimum Gasteiger partial charge on any atom is -0.340 e. The van der Waals surface area contributed by atoms with Gasteiger partial charge in [-0.25, -0.2) is 4.98 Å². The zero-order chi connectivity index (χ0) is 15.8. The van der Waals surface area contributed by atoms with E-state index in [-0.39, 0.29) is 5.25 Å². The fourth-order valence-corrected chi connectivity index (χ4v) is 4.96. The topological polar surface area (TPSA) is 38.1 Å². The minimum atomic E-state index is 0.0510. The largest absolute Gasteiger partial charge is 0.340 e. The summed E-state index contributed by atoms with van der Waals surface area (Å²) in [5.41, 5.74) is 1.31. The first-order valence-electron chi connectivity index (χ1n) is 8.25. The van der Waals surface area contributed by atoms with Crippen LogP contribution in [-0.4, -0.2) is 38.7 Å². The fraction of sp³-hybridized carbons (Fsp3) is 0.444. The molecule has 2 aliphatic heterocycles. The third-order valence-corrected chi connectivity index (χ3v) is 6.19. The summed E-state index contributed by atoms with van der Waals surface area (Å²) in [4.78, 5) is 20.6. The first kappa shape index (κ1) is 14.8. The van der Waals surface area contributed by atoms with Gasteiger partial charge in [-0.15, -0.1) is 11.8 Å². The zero-order valence-electron chi connectivity index (χ0n) is 13.3. The van der Waals surface area contributed by atoms with Gasteiger partial charge < -0.3 is 9.47 Å². The van der Waals surface area contributed by atoms with Crippen molar-refractivity contribution in [2.45, 2.75) is 42.4 Å². The molecule has 0 unspecified atom stereocenters. The number of amides is 1. The predicted molar refractivity (Wildman–Crippen MR) is 91.6 cm³/mol. The van der Waals surface area contributed by atoms with E-state index >= 15 is 0 Å². The highest BCUT2D eigenvalue weighted by atomic mass is 32.2. The summed E-state index contributed by atoms with van der Waals surface area (Å²) < 4.78 is 2.22. The van der Waals surface area contributed by atoms with Crippen LogP contribution < -0.4 is 0 Å². The van der Waals surface area contributed by atoms with E-state index in [1.54, 1.807) is 11.8 Å². The molecule has 120 valence electrons. The summed E-state index contributed by atoms with van der Waals surface area (Å²) in [7, 11) is 0. The number of likely N-dealkylation sites (tertiary alicyclic amines) is 1. The number of rotatable bonds is 2. The Balaban J connectivity index is 1.46. The van der Waals surface area contributed by atoms with Gasteiger partial charge in [-0.2, -0.15) is 0 Å². The molecule has 3 heterocycles. The van der Waals surface area contributed by atoms with Crippen LogP contribution in [0.5, 0.6) is 0 Å². The van der Waals surface area contributed by atoms with E-state index in [1.807, 2.05) is 19.3 Å². The lowest BCUT2D eigenvalue weighted by molar-refractivity contribution is -0.132. The minimum absolute atomic E-state index is 0.0510. The molecule has 23 heavy (non-hydrogen) atoms. The number of thioether (sulfide) groups is 1. The molecule has 4 rings (SSSR count). The molecular formula is C18H21N3OS. The van der Waals surface area contributed by atoms with E-state index in [4.69, 9.17) is 0 Å². The molecule has 0 N–H and O–H groups in total. The van der Waals surface area contributed by atoms with Crippen molar-refractivity contribution in [3.8, 4) is 0 Å². The molecule has 1 aromatic carbocycles. The highest BCUT2D eigenvalue weighted by Gasteiger charge is 2.34. The number of benzene rings is 1. The Morgan fingerprint density at radius 1 is 1.35 bits per heavy atom. The zero-order valence-corrected chi connectivity index (χ0v) is 14.1. The maximum atomic E-state index is 12.9. The monoisotopic (exact) mass is 327 g/mol. The van der Waals surface area contributed by atoms with Gasteiger partial charge in [-0.3, -0.25) is 4.79 Å². The van der Waals surface area contributed by atoms with Crippen LogP contribution in [0, 0.1) is 6.92 Å². The SMILES string of the molecule is Cc1nccn1[C@@H]1CCCN(C(=O)[C@H]2Cc3ccccc3S2)C1. The van der Waals surface area contributed by atoms with Gasteiger partial charge in [-0.05, 0) is 37.8 Å². The van der Waals surface area contributed by atoms with E-state index < -0.39 is 0 Å². The van der Waals surface area contributed by atoms with Crippen LogP contribution in [0.4, 0.5) is 0 Å². The van der Waals surface area contributed by atoms with Gasteiger partial charge in [0.2, 0.25) is 5.91 Å². The molecule has 1 amide bonds. The molecule has 2 aliphatic rings. The summed E-state index contributed by atoms with van der Waals surface area (Å²) in [6.07, 6.45) is 6.94. The number of piperidine rings is 1. The second-order valence-electron chi connectivity index (χ2n) is 6.38. The Morgan fingerprint density at radius 2 is 2.22 bits per heavy atom. The normalized spacial score (nSPS) is 23.8. The first-order chi connectivity index (χ1) is 11.2. The number of nitrogens with zero attached hydrogens (tertiary/aromatic N) is 3. The van der Waals surface area contributed by atoms with Crippen LogP contribution in [0.25, 0.3) is 0 Å². The lowest BCUT2D eigenvalue weighted by atomic mass is 10.0. The number of carbonyl (C=O) groups excluding carboxylic acids is 1. The number of hydrogen-bond donors (Lipinski definition) is 0. The third kappa shape index (κ3) is 2.78. The Labute approximate surface area is 140 Å². The summed E-state index contributed by atoms with van der Waals surface area (Å²) in [6, 6.07) is 8.75. The summed E-state index contributed by atoms with van der Waals surface area (Å²) in [5, 5.41) is 0.0510. The Morgan fingerprint density at radius 3 is 3.00 bits per heavy atom. The number of carbonyl (C=O) groups is 1. The van der Waals surface area contributed by atoms with Crippen LogP contribution in [0.2, 0.25) is 0 Å². The van der Waals surface area contributed by atoms with E-state index in [1.165, 1.54) is 10.5 Å². The molecule has 0 saturated carbocycles. The van der Waals surface area contributed by atoms with Crippen LogP contribution >= 0.6 is 11.8 Å². The predicted octanol–water partition coefficient (Wildman–Crippen LogP) is 3.07. The number of fused-ring (bicyclic) bond motifs is 1. The van der Waals surface area contributed by atoms with Crippen LogP contribution in [-0.2, 0) is 11.2 Å². The van der Waals surface area contributed by atoms with Gasteiger partial charge in [-0.1, -0.05) is 18.2 Å². The van der Waals surface area contributed by atoms with E-state index in [2.05, 4.69) is 38.7 Å². The molecular weight excluding hydrogens is 306 g/mol. The average molecular weight is 327 g/mol. The average Bonchev–Trinajstić information content (AvgIpc) is 3.20. The summed E-state index contributed by atoms with van der Waals surface area (Å²) >= 11 is 1.73. The van der Waals surface area contributed by atoms with E-state index in [9.17, 15) is 4.79 Å². The van der Waals surface area contributed by atoms with Crippen molar-refractivity contribution in [1.82, 2.24) is 14.5 Å². The lowest BCUT2D eigenvalue weighted by Crippen LogP contribution is -2.44. The van der Waals surface area contributed by atoms with Gasteiger partial charge in [0, 0.05) is 30.4 Å². The van der Waals surface area contributed by atoms with Crippen molar-refractivity contribution < 1.29 is 4.79 Å². The second-order valence-corrected chi connectivity index (χ2v) is 7.62. The molecule has 1 fully saturated rings. The van der Waals surface area contributed by atoms with Crippen molar-refractivity contribution in [2.24, 2.45) is 0 Å². The molecule has 2 atom stereocenters. The van der Waals surface area contributed by atoms with Gasteiger partial charge >= 0.3 is 0 Å². The highest BCUT2D eigenvalue weighted by Crippen LogP contribution is 2.38. The first-order valence-corrected chi connectivity index (χ1v) is 9.13. The van der Waals surface area contributed by atoms with E-state index in [0.717, 1.165) is 38.2 Å². The van der Waals surface area contributed by atoms with Crippen LogP contribution in [0.15, 0.2) is 41.6 Å². The maximum absolute atomic E-state index is 12.9. The smallest absolute Gasteiger partial charge is 0.236 e. The van der Waals surface area contributed by atoms with Crippen molar-refractivity contribution in [3.05, 3.63) is 48.0 Å². The molecule has 5 heteroatoms. The van der Waals surface area contributed by atoms with Crippen molar-refractivity contribution in [1.29, 1.82) is 0 Å². The third-order valence-electron chi connectivity index (χ3n) is 4.89. The van der Waals surface area contributed by atoms with Gasteiger partial charge in [0.15, 0.2) is 0 Å². The molecule has 1 saturated heterocycles. The summed E-state index contributed by atoms with van der Waals surface area (Å²) in [5.74, 6) is 1.33. The molecule has 0 radical (unpaired) electrons. The second kappa shape index (κ2) is 6.04. The van der Waals surface area contributed by atoms with Gasteiger partial charge in [0.1, 0.15) is 5.82 Å². The number of aryl methyl sites for hydroxylation is 1. The Kier molecular flexibility index (Phi) is 3.89. The van der Waals surface area contributed by atoms with Crippen molar-refractivity contribution >= 4 is 17.7 Å². The van der Waals surface area contributed by atoms with E-state index in [0.29, 0.717) is 11.9 Å². The maximum Gasteiger partial charge on any atom is 0.236 e. The molecule has 4 nitrogen and oxygen atoms in total. The number of imidazole rings is 1. The number of aromatic nitrogens is 2. The molecule has 2 aromatic rings. The molecule has 0 bridgehead atoms. The van der Waals surface area contributed by atoms with Crippen molar-refractivity contribution in [2.75, 3.05) is 13.1 Å². The molecule has 1 aromatic heterocycles. The van der Waals surface area contributed by atoms with Gasteiger partial charge in [0.25, 0.3) is 0 Å². The Hall–Kier alpha value is -1.75. The van der Waals surface area contributed by atoms with Gasteiger partial charge in [0.05, 0.1) is 11.3 Å². The Bertz CT molecular complexity index is 702. The summed E-state index contributed by atoms with van der Waals surface area (Å²) in [6.45, 7) is 3.73. The standard InChI is InChI=1S/C18H21N3OS/c1-13-19-8-10-21(13)15-6-4-9-20(12-15)18(22)17-11-14-5-2-3-7-16(14)23-17/h2-3,5,7-8,10,15,17H,4,6,9,11-12H2,1H3/t15-,17-/m1/s1. The van der Waals surface area contributed by atoms with Crippen LogP contribution in [0.1, 0.15) is 30.3 Å².